The van der Waals surface area contributed by atoms with E-state index in [2.05, 4.69) is 35.8 Å². The molecule has 0 atom stereocenters. The molecule has 0 saturated heterocycles. The number of anilines is 4. The Morgan fingerprint density at radius 2 is 1.36 bits per heavy atom. The Hall–Kier alpha value is -4.13. The van der Waals surface area contributed by atoms with Crippen molar-refractivity contribution in [1.82, 2.24) is 15.0 Å². The van der Waals surface area contributed by atoms with Gasteiger partial charge in [-0.3, -0.25) is 0 Å². The number of aromatic hydroxyl groups is 2. The maximum Gasteiger partial charge on any atom is 1.00 e. The smallest absolute Gasteiger partial charge is 0.744 e. The van der Waals surface area contributed by atoms with E-state index in [1.807, 2.05) is 0 Å². The number of aromatic nitrogens is 3. The first-order valence-electron chi connectivity index (χ1n) is 13.0. The molecule has 0 bridgehead atoms. The van der Waals surface area contributed by atoms with Crippen LogP contribution in [-0.2, 0) is 30.4 Å². The van der Waals surface area contributed by atoms with Crippen LogP contribution in [0.2, 0.25) is 0 Å². The second-order valence-corrected chi connectivity index (χ2v) is 13.8. The fourth-order valence-electron chi connectivity index (χ4n) is 4.32. The number of azo groups is 1. The number of benzene rings is 4. The summed E-state index contributed by atoms with van der Waals surface area (Å²) in [6, 6.07) is 7.37. The van der Waals surface area contributed by atoms with Crippen molar-refractivity contribution in [1.29, 1.82) is 0 Å². The molecule has 260 valence electrons. The Labute approximate surface area is 333 Å². The van der Waals surface area contributed by atoms with E-state index in [4.69, 9.17) is 0 Å². The van der Waals surface area contributed by atoms with E-state index in [1.165, 1.54) is 12.1 Å². The van der Waals surface area contributed by atoms with Crippen LogP contribution in [0.25, 0.3) is 10.8 Å². The van der Waals surface area contributed by atoms with Gasteiger partial charge in [0.15, 0.2) is 5.75 Å². The average Bonchev–Trinajstić information content (AvgIpc) is 2.99. The molecule has 5 N–H and O–H groups in total. The number of carboxylic acid groups (broad SMARTS) is 1. The van der Waals surface area contributed by atoms with E-state index in [0.29, 0.717) is 24.3 Å². The molecule has 1 heterocycles. The molecule has 4 aromatic carbocycles. The van der Waals surface area contributed by atoms with E-state index in [0.717, 1.165) is 24.3 Å². The maximum atomic E-state index is 13.7. The van der Waals surface area contributed by atoms with Gasteiger partial charge in [0.1, 0.15) is 47.5 Å². The van der Waals surface area contributed by atoms with Crippen molar-refractivity contribution in [3.63, 3.8) is 0 Å². The average molecular weight is 769 g/mol. The van der Waals surface area contributed by atoms with Gasteiger partial charge in [-0.25, -0.2) is 34.4 Å². The van der Waals surface area contributed by atoms with Crippen molar-refractivity contribution in [2.75, 3.05) is 10.6 Å². The first-order valence-corrected chi connectivity index (χ1v) is 17.2. The van der Waals surface area contributed by atoms with Crippen LogP contribution >= 0.6 is 0 Å². The Kier molecular flexibility index (Phi) is 14.4. The summed E-state index contributed by atoms with van der Waals surface area (Å²) in [5.74, 6) is -4.99. The van der Waals surface area contributed by atoms with Gasteiger partial charge in [0.2, 0.25) is 11.9 Å². The summed E-state index contributed by atoms with van der Waals surface area (Å²) in [6.45, 7) is 0. The number of fused-ring (bicyclic) bond motifs is 1. The van der Waals surface area contributed by atoms with Crippen LogP contribution in [0.4, 0.5) is 39.0 Å². The summed E-state index contributed by atoms with van der Waals surface area (Å²) in [5, 5.41) is 41.6. The fourth-order valence-corrected chi connectivity index (χ4v) is 6.01. The minimum Gasteiger partial charge on any atom is -0.744 e. The van der Waals surface area contributed by atoms with E-state index in [1.54, 1.807) is 0 Å². The van der Waals surface area contributed by atoms with Gasteiger partial charge < -0.3 is 39.6 Å². The zero-order valence-electron chi connectivity index (χ0n) is 27.0. The predicted octanol–water partition coefficient (Wildman–Crippen LogP) is -6.10. The SMILES string of the molecule is O=C(O)c1cc(F)ccc1N=Nc1c(S(=O)(=O)[O-])cc2cc(S(=O)(=O)[O-])cc(Nc3nc(O)nc(Nc4cccc(S(=O)(=O)[O-])c4)n3)c2c1O.[Li+].[Li+].[Li+]. The van der Waals surface area contributed by atoms with Crippen LogP contribution in [0.5, 0.6) is 11.8 Å². The van der Waals surface area contributed by atoms with Gasteiger partial charge >= 0.3 is 68.6 Å². The van der Waals surface area contributed by atoms with E-state index in [-0.39, 0.29) is 62.3 Å². The summed E-state index contributed by atoms with van der Waals surface area (Å²) >= 11 is 0. The van der Waals surface area contributed by atoms with Crippen molar-refractivity contribution in [3.8, 4) is 11.8 Å². The number of nitrogens with zero attached hydrogens (tertiary/aromatic N) is 5. The quantitative estimate of drug-likeness (QED) is 0.0501. The molecule has 0 aliphatic rings. The van der Waals surface area contributed by atoms with E-state index < -0.39 is 114 Å². The molecule has 20 nitrogen and oxygen atoms in total. The molecule has 1 aromatic heterocycles. The molecule has 0 aliphatic carbocycles. The van der Waals surface area contributed by atoms with Crippen LogP contribution in [0.1, 0.15) is 10.4 Å². The molecule has 0 amide bonds. The van der Waals surface area contributed by atoms with Crippen molar-refractivity contribution in [2.45, 2.75) is 14.7 Å². The minimum absolute atomic E-state index is 0. The molecule has 53 heavy (non-hydrogen) atoms. The number of carbonyl (C=O) groups is 1. The van der Waals surface area contributed by atoms with Gasteiger partial charge in [0, 0.05) is 11.1 Å². The van der Waals surface area contributed by atoms with E-state index in [9.17, 15) is 63.4 Å². The van der Waals surface area contributed by atoms with Gasteiger partial charge in [-0.05, 0) is 60.0 Å². The Morgan fingerprint density at radius 1 is 0.736 bits per heavy atom. The number of hydrogen-bond donors (Lipinski definition) is 5. The maximum absolute atomic E-state index is 13.7. The number of phenolic OH excluding ortho intramolecular Hbond substituents is 1. The Balaban J connectivity index is 0.00000324. The van der Waals surface area contributed by atoms with Crippen LogP contribution < -0.4 is 67.2 Å². The number of carboxylic acids is 1. The van der Waals surface area contributed by atoms with Crippen LogP contribution in [-0.4, -0.2) is 75.2 Å². The van der Waals surface area contributed by atoms with Gasteiger partial charge in [-0.15, -0.1) is 10.2 Å². The summed E-state index contributed by atoms with van der Waals surface area (Å²) in [6.07, 6.45) is 0. The molecule has 0 fully saturated rings. The Morgan fingerprint density at radius 3 is 1.94 bits per heavy atom. The second kappa shape index (κ2) is 16.9. The summed E-state index contributed by atoms with van der Waals surface area (Å²) in [4.78, 5) is 19.7. The summed E-state index contributed by atoms with van der Waals surface area (Å²) < 4.78 is 120. The molecule has 27 heteroatoms. The monoisotopic (exact) mass is 769 g/mol. The predicted molar refractivity (Wildman–Crippen MR) is 162 cm³/mol. The molecule has 5 rings (SSSR count). The zero-order chi connectivity index (χ0) is 36.8. The van der Waals surface area contributed by atoms with Gasteiger partial charge in [0.05, 0.1) is 25.9 Å². The summed E-state index contributed by atoms with van der Waals surface area (Å²) in [5.41, 5.74) is -3.02. The fraction of sp³-hybridized carbons (Fsp3) is 0. The summed E-state index contributed by atoms with van der Waals surface area (Å²) in [7, 11) is -15.8. The van der Waals surface area contributed by atoms with Crippen molar-refractivity contribution in [2.24, 2.45) is 10.2 Å². The number of phenols is 1. The van der Waals surface area contributed by atoms with Crippen molar-refractivity contribution >= 4 is 81.7 Å². The van der Waals surface area contributed by atoms with Crippen LogP contribution in [0, 0.1) is 5.82 Å². The van der Waals surface area contributed by atoms with Crippen molar-refractivity contribution in [3.05, 3.63) is 72.0 Å². The van der Waals surface area contributed by atoms with Crippen LogP contribution in [0.3, 0.4) is 0 Å². The third kappa shape index (κ3) is 10.5. The first-order chi connectivity index (χ1) is 23.2. The molecule has 0 unspecified atom stereocenters. The largest absolute Gasteiger partial charge is 1.00 e. The molecule has 0 spiro atoms. The van der Waals surface area contributed by atoms with Gasteiger partial charge in [-0.2, -0.15) is 15.0 Å². The zero-order valence-corrected chi connectivity index (χ0v) is 29.5. The first kappa shape index (κ1) is 45.0. The molecular formula is C26H15FLi3N7O13S3. The molecule has 0 saturated carbocycles. The molecular weight excluding hydrogens is 754 g/mol. The molecule has 0 aliphatic heterocycles. The molecule has 0 radical (unpaired) electrons. The van der Waals surface area contributed by atoms with Gasteiger partial charge in [0.25, 0.3) is 0 Å². The molecule has 5 aromatic rings. The Bertz CT molecular complexity index is 2620. The number of aromatic carboxylic acids is 1. The normalized spacial score (nSPS) is 11.6. The van der Waals surface area contributed by atoms with Crippen LogP contribution in [0.15, 0.2) is 85.6 Å². The topological polar surface area (TPSA) is 337 Å². The van der Waals surface area contributed by atoms with E-state index >= 15 is 0 Å². The van der Waals surface area contributed by atoms with Crippen molar-refractivity contribution < 1.29 is 120 Å². The third-order valence-electron chi connectivity index (χ3n) is 6.38. The minimum atomic E-state index is -5.58. The number of nitrogens with one attached hydrogen (secondary N) is 2. The number of halogens is 1. The number of hydrogen-bond acceptors (Lipinski definition) is 19. The second-order valence-electron chi connectivity index (χ2n) is 9.73. The standard InChI is InChI=1S/C26H18FN7O13S3.3Li/c27-12-4-5-17(16(8-12)23(36)37)33-34-21-19(50(45,46)47)7-11-6-15(49(42,43)44)10-18(20(11)22(21)35)29-25-30-24(31-26(38)32-25)28-13-2-1-3-14(9-13)48(39,40)41;;;/h1-10,35H,(H,36,37)(H,39,40,41)(H,42,43,44)(H,45,46,47)(H3,28,29,30,31,32,38);;;/q;3*+1/p-3. The number of rotatable bonds is 10. The van der Waals surface area contributed by atoms with Gasteiger partial charge in [-0.1, -0.05) is 6.07 Å². The third-order valence-corrected chi connectivity index (χ3v) is 8.87.